The zero-order chi connectivity index (χ0) is 14.6. The van der Waals surface area contributed by atoms with Gasteiger partial charge in [0.05, 0.1) is 13.2 Å². The summed E-state index contributed by atoms with van der Waals surface area (Å²) in [6, 6.07) is 0.538. The average molecular weight is 284 g/mol. The molecule has 7 heteroatoms. The third kappa shape index (κ3) is 6.51. The van der Waals surface area contributed by atoms with Gasteiger partial charge in [-0.1, -0.05) is 13.8 Å². The number of hydrogen-bond donors (Lipinski definition) is 1. The van der Waals surface area contributed by atoms with Crippen LogP contribution in [-0.2, 0) is 4.74 Å². The number of nitrogens with one attached hydrogen (secondary N) is 1. The summed E-state index contributed by atoms with van der Waals surface area (Å²) in [7, 11) is 0. The first-order valence-electron chi connectivity index (χ1n) is 7.13. The van der Waals surface area contributed by atoms with Gasteiger partial charge >= 0.3 is 12.0 Å². The molecular formula is C13H24N4O3. The summed E-state index contributed by atoms with van der Waals surface area (Å²) in [6.07, 6.45) is 1.88. The molecule has 1 rings (SSSR count). The Labute approximate surface area is 120 Å². The second-order valence-electron chi connectivity index (χ2n) is 4.04. The molecular weight excluding hydrogens is 260 g/mol. The van der Waals surface area contributed by atoms with Crippen molar-refractivity contribution in [3.63, 3.8) is 0 Å². The molecule has 0 aliphatic rings. The molecule has 0 aromatic carbocycles. The van der Waals surface area contributed by atoms with E-state index in [1.165, 1.54) is 0 Å². The van der Waals surface area contributed by atoms with E-state index in [-0.39, 0.29) is 12.0 Å². The molecule has 0 radical (unpaired) electrons. The summed E-state index contributed by atoms with van der Waals surface area (Å²) in [5.41, 5.74) is 0. The number of ether oxygens (including phenoxy) is 3. The standard InChI is InChI=1S/C13H24N4O3/c1-4-7-14-11-15-12(19-8-5-2)17-13(16-11)20-10-9-18-6-3/h4-10H2,1-3H3,(H,14,15,16,17). The number of rotatable bonds is 11. The molecule has 0 aliphatic heterocycles. The molecule has 0 saturated carbocycles. The Kier molecular flexibility index (Phi) is 8.37. The molecule has 0 bridgehead atoms. The molecule has 1 aromatic heterocycles. The fraction of sp³-hybridized carbons (Fsp3) is 0.769. The van der Waals surface area contributed by atoms with Crippen molar-refractivity contribution in [1.82, 2.24) is 15.0 Å². The van der Waals surface area contributed by atoms with E-state index in [9.17, 15) is 0 Å². The molecule has 20 heavy (non-hydrogen) atoms. The summed E-state index contributed by atoms with van der Waals surface area (Å²) in [5.74, 6) is 0.472. The third-order valence-electron chi connectivity index (χ3n) is 2.23. The summed E-state index contributed by atoms with van der Waals surface area (Å²) in [5, 5.41) is 3.10. The number of aromatic nitrogens is 3. The molecule has 114 valence electrons. The molecule has 7 nitrogen and oxygen atoms in total. The highest BCUT2D eigenvalue weighted by Crippen LogP contribution is 2.13. The predicted molar refractivity (Wildman–Crippen MR) is 76.4 cm³/mol. The number of hydrogen-bond acceptors (Lipinski definition) is 7. The highest BCUT2D eigenvalue weighted by molar-refractivity contribution is 5.27. The third-order valence-corrected chi connectivity index (χ3v) is 2.23. The smallest absolute Gasteiger partial charge is 0.324 e. The highest BCUT2D eigenvalue weighted by Gasteiger charge is 2.08. The summed E-state index contributed by atoms with van der Waals surface area (Å²) >= 11 is 0. The molecule has 0 fully saturated rings. The quantitative estimate of drug-likeness (QED) is 0.622. The number of anilines is 1. The second kappa shape index (κ2) is 10.2. The van der Waals surface area contributed by atoms with Crippen LogP contribution in [0.15, 0.2) is 0 Å². The first kappa shape index (κ1) is 16.4. The molecule has 0 spiro atoms. The van der Waals surface area contributed by atoms with E-state index in [1.807, 2.05) is 13.8 Å². The van der Waals surface area contributed by atoms with Gasteiger partial charge in [0.15, 0.2) is 0 Å². The van der Waals surface area contributed by atoms with Gasteiger partial charge in [-0.05, 0) is 19.8 Å². The Morgan fingerprint density at radius 1 is 0.850 bits per heavy atom. The average Bonchev–Trinajstić information content (AvgIpc) is 2.47. The molecule has 0 unspecified atom stereocenters. The maximum absolute atomic E-state index is 5.44. The molecule has 1 N–H and O–H groups in total. The van der Waals surface area contributed by atoms with Gasteiger partial charge in [-0.3, -0.25) is 0 Å². The van der Waals surface area contributed by atoms with E-state index in [4.69, 9.17) is 14.2 Å². The van der Waals surface area contributed by atoms with Crippen LogP contribution in [0.1, 0.15) is 33.6 Å². The van der Waals surface area contributed by atoms with Crippen LogP contribution in [0.5, 0.6) is 12.0 Å². The summed E-state index contributed by atoms with van der Waals surface area (Å²) in [4.78, 5) is 12.5. The Bertz CT molecular complexity index is 350. The van der Waals surface area contributed by atoms with Crippen LogP contribution in [0, 0.1) is 0 Å². The van der Waals surface area contributed by atoms with Gasteiger partial charge in [-0.25, -0.2) is 0 Å². The van der Waals surface area contributed by atoms with Crippen molar-refractivity contribution in [2.24, 2.45) is 0 Å². The summed E-state index contributed by atoms with van der Waals surface area (Å²) in [6.45, 7) is 8.95. The Balaban J connectivity index is 2.64. The number of nitrogens with zero attached hydrogens (tertiary/aromatic N) is 3. The fourth-order valence-corrected chi connectivity index (χ4v) is 1.31. The summed E-state index contributed by atoms with van der Waals surface area (Å²) < 4.78 is 16.1. The molecule has 0 amide bonds. The zero-order valence-electron chi connectivity index (χ0n) is 12.5. The van der Waals surface area contributed by atoms with Gasteiger partial charge in [0, 0.05) is 13.2 Å². The Morgan fingerprint density at radius 3 is 2.15 bits per heavy atom. The van der Waals surface area contributed by atoms with Crippen molar-refractivity contribution in [3.8, 4) is 12.0 Å². The van der Waals surface area contributed by atoms with Crippen LogP contribution in [0.25, 0.3) is 0 Å². The van der Waals surface area contributed by atoms with Crippen LogP contribution in [0.4, 0.5) is 5.95 Å². The maximum atomic E-state index is 5.44. The minimum absolute atomic E-state index is 0.254. The molecule has 1 aromatic rings. The van der Waals surface area contributed by atoms with Gasteiger partial charge in [0.1, 0.15) is 6.61 Å². The van der Waals surface area contributed by atoms with Gasteiger partial charge in [0.2, 0.25) is 5.95 Å². The van der Waals surface area contributed by atoms with Crippen LogP contribution in [0.2, 0.25) is 0 Å². The van der Waals surface area contributed by atoms with E-state index in [2.05, 4.69) is 27.2 Å². The van der Waals surface area contributed by atoms with Gasteiger partial charge < -0.3 is 19.5 Å². The van der Waals surface area contributed by atoms with Crippen LogP contribution < -0.4 is 14.8 Å². The monoisotopic (exact) mass is 284 g/mol. The van der Waals surface area contributed by atoms with Crippen molar-refractivity contribution in [1.29, 1.82) is 0 Å². The molecule has 0 aliphatic carbocycles. The fourth-order valence-electron chi connectivity index (χ4n) is 1.31. The lowest BCUT2D eigenvalue weighted by Crippen LogP contribution is -2.12. The van der Waals surface area contributed by atoms with Crippen molar-refractivity contribution < 1.29 is 14.2 Å². The maximum Gasteiger partial charge on any atom is 0.324 e. The highest BCUT2D eigenvalue weighted by atomic mass is 16.5. The van der Waals surface area contributed by atoms with E-state index in [1.54, 1.807) is 0 Å². The Hall–Kier alpha value is -1.63. The van der Waals surface area contributed by atoms with Gasteiger partial charge in [-0.2, -0.15) is 9.97 Å². The van der Waals surface area contributed by atoms with E-state index in [0.717, 1.165) is 19.4 Å². The minimum atomic E-state index is 0.254. The second-order valence-corrected chi connectivity index (χ2v) is 4.04. The largest absolute Gasteiger partial charge is 0.463 e. The van der Waals surface area contributed by atoms with Crippen molar-refractivity contribution in [2.45, 2.75) is 33.6 Å². The lowest BCUT2D eigenvalue weighted by molar-refractivity contribution is 0.105. The SMILES string of the molecule is CCCNc1nc(OCCC)nc(OCCOCC)n1. The normalized spacial score (nSPS) is 10.3. The molecule has 0 saturated heterocycles. The van der Waals surface area contributed by atoms with Crippen molar-refractivity contribution >= 4 is 5.95 Å². The first-order chi connectivity index (χ1) is 9.80. The zero-order valence-corrected chi connectivity index (χ0v) is 12.5. The van der Waals surface area contributed by atoms with Crippen molar-refractivity contribution in [3.05, 3.63) is 0 Å². The van der Waals surface area contributed by atoms with Gasteiger partial charge in [0.25, 0.3) is 0 Å². The lowest BCUT2D eigenvalue weighted by Gasteiger charge is -2.09. The molecule has 0 atom stereocenters. The van der Waals surface area contributed by atoms with E-state index in [0.29, 0.717) is 32.4 Å². The van der Waals surface area contributed by atoms with Crippen molar-refractivity contribution in [2.75, 3.05) is 38.3 Å². The van der Waals surface area contributed by atoms with Gasteiger partial charge in [-0.15, -0.1) is 4.98 Å². The van der Waals surface area contributed by atoms with Crippen LogP contribution >= 0.6 is 0 Å². The van der Waals surface area contributed by atoms with Crippen LogP contribution in [0.3, 0.4) is 0 Å². The lowest BCUT2D eigenvalue weighted by atomic mass is 10.5. The molecule has 1 heterocycles. The van der Waals surface area contributed by atoms with E-state index < -0.39 is 0 Å². The van der Waals surface area contributed by atoms with Crippen LogP contribution in [-0.4, -0.2) is 47.9 Å². The predicted octanol–water partition coefficient (Wildman–Crippen LogP) is 1.90. The topological polar surface area (TPSA) is 78.4 Å². The minimum Gasteiger partial charge on any atom is -0.463 e. The van der Waals surface area contributed by atoms with E-state index >= 15 is 0 Å². The first-order valence-corrected chi connectivity index (χ1v) is 7.13. The Morgan fingerprint density at radius 2 is 1.55 bits per heavy atom.